The van der Waals surface area contributed by atoms with E-state index in [-0.39, 0.29) is 17.8 Å². The number of carbonyl (C=O) groups is 1. The van der Waals surface area contributed by atoms with Gasteiger partial charge in [-0.05, 0) is 42.8 Å². The van der Waals surface area contributed by atoms with E-state index in [9.17, 15) is 4.79 Å². The number of nitrogens with zero attached hydrogens (tertiary/aromatic N) is 2. The van der Waals surface area contributed by atoms with E-state index in [4.69, 9.17) is 27.3 Å². The zero-order valence-corrected chi connectivity index (χ0v) is 15.8. The maximum atomic E-state index is 12.6. The molecule has 3 aromatic rings. The number of hydrogen-bond donors (Lipinski definition) is 2. The summed E-state index contributed by atoms with van der Waals surface area (Å²) >= 11 is 5.94. The first-order valence-electron chi connectivity index (χ1n) is 8.45. The second-order valence-electron chi connectivity index (χ2n) is 6.07. The molecule has 1 atom stereocenters. The molecule has 1 aromatic heterocycles. The highest BCUT2D eigenvalue weighted by atomic mass is 35.5. The van der Waals surface area contributed by atoms with Gasteiger partial charge in [-0.1, -0.05) is 29.8 Å². The molecule has 28 heavy (non-hydrogen) atoms. The van der Waals surface area contributed by atoms with Crippen molar-refractivity contribution >= 4 is 29.0 Å². The predicted molar refractivity (Wildman–Crippen MR) is 108 cm³/mol. The van der Waals surface area contributed by atoms with Gasteiger partial charge in [0.25, 0.3) is 5.91 Å². The second kappa shape index (κ2) is 8.42. The van der Waals surface area contributed by atoms with Gasteiger partial charge in [-0.15, -0.1) is 0 Å². The summed E-state index contributed by atoms with van der Waals surface area (Å²) in [6.45, 7) is 1.84. The molecule has 0 saturated heterocycles. The molecule has 0 radical (unpaired) electrons. The average Bonchev–Trinajstić information content (AvgIpc) is 2.71. The highest BCUT2D eigenvalue weighted by molar-refractivity contribution is 6.30. The summed E-state index contributed by atoms with van der Waals surface area (Å²) in [5, 5.41) is 12.2. The monoisotopic (exact) mass is 392 g/mol. The molecule has 7 heteroatoms. The number of halogens is 1. The summed E-state index contributed by atoms with van der Waals surface area (Å²) < 4.78 is 5.86. The average molecular weight is 393 g/mol. The Morgan fingerprint density at radius 1 is 1.25 bits per heavy atom. The third kappa shape index (κ3) is 4.58. The van der Waals surface area contributed by atoms with E-state index in [1.54, 1.807) is 48.5 Å². The predicted octanol–water partition coefficient (Wildman–Crippen LogP) is 4.58. The normalized spacial score (nSPS) is 11.3. The van der Waals surface area contributed by atoms with Gasteiger partial charge in [-0.3, -0.25) is 4.79 Å². The zero-order valence-electron chi connectivity index (χ0n) is 15.0. The van der Waals surface area contributed by atoms with Crippen molar-refractivity contribution < 1.29 is 9.53 Å². The van der Waals surface area contributed by atoms with Crippen molar-refractivity contribution in [1.29, 1.82) is 5.26 Å². The number of hydrogen-bond acceptors (Lipinski definition) is 5. The van der Waals surface area contributed by atoms with Gasteiger partial charge >= 0.3 is 0 Å². The lowest BCUT2D eigenvalue weighted by Gasteiger charge is -2.17. The van der Waals surface area contributed by atoms with E-state index < -0.39 is 0 Å². The Balaban J connectivity index is 1.76. The number of amides is 1. The lowest BCUT2D eigenvalue weighted by molar-refractivity contribution is 0.102. The summed E-state index contributed by atoms with van der Waals surface area (Å²) in [5.41, 5.74) is 8.10. The van der Waals surface area contributed by atoms with Crippen LogP contribution in [0.5, 0.6) is 5.75 Å². The number of benzene rings is 2. The molecule has 1 heterocycles. The molecule has 0 saturated carbocycles. The molecule has 3 rings (SSSR count). The minimum atomic E-state index is -0.378. The fraction of sp³-hybridized carbons (Fsp3) is 0.0952. The molecule has 6 nitrogen and oxygen atoms in total. The molecule has 0 aliphatic carbocycles. The lowest BCUT2D eigenvalue weighted by atomic mass is 10.1. The minimum absolute atomic E-state index is 0.238. The topological polar surface area (TPSA) is 101 Å². The van der Waals surface area contributed by atoms with Gasteiger partial charge in [0.15, 0.2) is 11.6 Å². The highest BCUT2D eigenvalue weighted by Gasteiger charge is 2.14. The Morgan fingerprint density at radius 2 is 2.04 bits per heavy atom. The van der Waals surface area contributed by atoms with Crippen LogP contribution in [0.25, 0.3) is 0 Å². The van der Waals surface area contributed by atoms with Crippen molar-refractivity contribution in [3.8, 4) is 11.8 Å². The smallest absolute Gasteiger partial charge is 0.255 e. The van der Waals surface area contributed by atoms with E-state index in [2.05, 4.69) is 10.3 Å². The standard InChI is InChI=1S/C21H17ClN4O2/c1-13(28-19-10-17(22)12-25-20(19)24)15-5-3-6-16(9-15)21(27)26-18-7-2-4-14(8-18)11-23/h2-10,12-13H,1H3,(H2,24,25)(H,26,27)/t13-/m0/s1. The summed E-state index contributed by atoms with van der Waals surface area (Å²) in [6, 6.07) is 17.4. The molecule has 140 valence electrons. The quantitative estimate of drug-likeness (QED) is 0.661. The van der Waals surface area contributed by atoms with Crippen molar-refractivity contribution in [1.82, 2.24) is 4.98 Å². The third-order valence-electron chi connectivity index (χ3n) is 4.02. The third-order valence-corrected chi connectivity index (χ3v) is 4.23. The molecular formula is C21H17ClN4O2. The lowest BCUT2D eigenvalue weighted by Crippen LogP contribution is -2.13. The zero-order chi connectivity index (χ0) is 20.1. The van der Waals surface area contributed by atoms with E-state index in [1.165, 1.54) is 6.20 Å². The van der Waals surface area contributed by atoms with Crippen molar-refractivity contribution in [3.05, 3.63) is 82.5 Å². The van der Waals surface area contributed by atoms with Crippen LogP contribution in [0.1, 0.15) is 34.5 Å². The molecule has 2 aromatic carbocycles. The largest absolute Gasteiger partial charge is 0.482 e. The van der Waals surface area contributed by atoms with Crippen LogP contribution >= 0.6 is 11.6 Å². The van der Waals surface area contributed by atoms with Gasteiger partial charge in [0.05, 0.1) is 16.7 Å². The SMILES string of the molecule is C[C@H](Oc1cc(Cl)cnc1N)c1cccc(C(=O)Nc2cccc(C#N)c2)c1. The van der Waals surface area contributed by atoms with Crippen molar-refractivity contribution in [2.75, 3.05) is 11.1 Å². The van der Waals surface area contributed by atoms with E-state index >= 15 is 0 Å². The van der Waals surface area contributed by atoms with Crippen LogP contribution in [0.15, 0.2) is 60.8 Å². The number of nitrogens with two attached hydrogens (primary N) is 1. The highest BCUT2D eigenvalue weighted by Crippen LogP contribution is 2.28. The Hall–Kier alpha value is -3.56. The molecule has 0 aliphatic rings. The Bertz CT molecular complexity index is 1060. The Labute approximate surface area is 167 Å². The van der Waals surface area contributed by atoms with E-state index in [1.807, 2.05) is 19.1 Å². The first-order chi connectivity index (χ1) is 13.5. The van der Waals surface area contributed by atoms with Gasteiger partial charge in [-0.25, -0.2) is 4.98 Å². The molecule has 0 spiro atoms. The van der Waals surface area contributed by atoms with Crippen molar-refractivity contribution in [2.45, 2.75) is 13.0 Å². The van der Waals surface area contributed by atoms with Crippen molar-refractivity contribution in [3.63, 3.8) is 0 Å². The van der Waals surface area contributed by atoms with Crippen LogP contribution in [-0.2, 0) is 0 Å². The van der Waals surface area contributed by atoms with Gasteiger partial charge in [-0.2, -0.15) is 5.26 Å². The van der Waals surface area contributed by atoms with Crippen LogP contribution in [0.3, 0.4) is 0 Å². The summed E-state index contributed by atoms with van der Waals surface area (Å²) in [6.07, 6.45) is 1.07. The first kappa shape index (κ1) is 19.2. The number of nitrogens with one attached hydrogen (secondary N) is 1. The number of aromatic nitrogens is 1. The molecule has 3 N–H and O–H groups in total. The number of pyridine rings is 1. The van der Waals surface area contributed by atoms with Crippen LogP contribution in [0.2, 0.25) is 5.02 Å². The maximum absolute atomic E-state index is 12.6. The fourth-order valence-electron chi connectivity index (χ4n) is 2.59. The number of carbonyl (C=O) groups excluding carboxylic acids is 1. The molecular weight excluding hydrogens is 376 g/mol. The van der Waals surface area contributed by atoms with Crippen LogP contribution in [0, 0.1) is 11.3 Å². The van der Waals surface area contributed by atoms with Crippen LogP contribution in [-0.4, -0.2) is 10.9 Å². The summed E-state index contributed by atoms with van der Waals surface area (Å²) in [4.78, 5) is 16.5. The Morgan fingerprint density at radius 3 is 2.82 bits per heavy atom. The van der Waals surface area contributed by atoms with Crippen molar-refractivity contribution in [2.24, 2.45) is 0 Å². The van der Waals surface area contributed by atoms with Gasteiger partial charge in [0.1, 0.15) is 6.10 Å². The number of ether oxygens (including phenoxy) is 1. The molecule has 0 aliphatic heterocycles. The second-order valence-corrected chi connectivity index (χ2v) is 6.51. The number of nitrogen functional groups attached to an aromatic ring is 1. The number of anilines is 2. The fourth-order valence-corrected chi connectivity index (χ4v) is 2.73. The van der Waals surface area contributed by atoms with Gasteiger partial charge < -0.3 is 15.8 Å². The summed E-state index contributed by atoms with van der Waals surface area (Å²) in [7, 11) is 0. The first-order valence-corrected chi connectivity index (χ1v) is 8.83. The van der Waals surface area contributed by atoms with E-state index in [0.29, 0.717) is 27.6 Å². The molecule has 0 unspecified atom stereocenters. The van der Waals surface area contributed by atoms with E-state index in [0.717, 1.165) is 5.56 Å². The maximum Gasteiger partial charge on any atom is 0.255 e. The molecule has 0 bridgehead atoms. The van der Waals surface area contributed by atoms with Crippen LogP contribution in [0.4, 0.5) is 11.5 Å². The summed E-state index contributed by atoms with van der Waals surface area (Å²) in [5.74, 6) is 0.332. The van der Waals surface area contributed by atoms with Crippen LogP contribution < -0.4 is 15.8 Å². The van der Waals surface area contributed by atoms with Gasteiger partial charge in [0.2, 0.25) is 0 Å². The molecule has 0 fully saturated rings. The number of rotatable bonds is 5. The minimum Gasteiger partial charge on any atom is -0.482 e. The number of nitriles is 1. The van der Waals surface area contributed by atoms with Gasteiger partial charge in [0, 0.05) is 23.5 Å². The Kier molecular flexibility index (Phi) is 5.78. The molecule has 1 amide bonds.